The van der Waals surface area contributed by atoms with Gasteiger partial charge in [0.2, 0.25) is 5.91 Å². The molecular formula is C14H22N2O. The molecule has 1 aromatic rings. The first-order valence-electron chi connectivity index (χ1n) is 6.19. The van der Waals surface area contributed by atoms with Crippen LogP contribution in [0.15, 0.2) is 24.3 Å². The van der Waals surface area contributed by atoms with Crippen molar-refractivity contribution in [3.8, 4) is 0 Å². The molecule has 1 aromatic carbocycles. The number of benzene rings is 1. The number of hydrogen-bond donors (Lipinski definition) is 1. The number of carbonyl (C=O) groups excluding carboxylic acids is 1. The summed E-state index contributed by atoms with van der Waals surface area (Å²) in [5, 5.41) is 3.05. The average molecular weight is 234 g/mol. The van der Waals surface area contributed by atoms with Gasteiger partial charge in [-0.25, -0.2) is 0 Å². The molecule has 0 spiro atoms. The summed E-state index contributed by atoms with van der Waals surface area (Å²) < 4.78 is 0. The molecule has 3 nitrogen and oxygen atoms in total. The van der Waals surface area contributed by atoms with Crippen molar-refractivity contribution in [3.05, 3.63) is 29.8 Å². The molecule has 3 heteroatoms. The van der Waals surface area contributed by atoms with Gasteiger partial charge in [-0.1, -0.05) is 25.1 Å². The number of nitrogens with one attached hydrogen (secondary N) is 1. The highest BCUT2D eigenvalue weighted by Crippen LogP contribution is 2.20. The fraction of sp³-hybridized carbons (Fsp3) is 0.500. The van der Waals surface area contributed by atoms with Crippen LogP contribution in [0, 0.1) is 0 Å². The smallest absolute Gasteiger partial charge is 0.226 e. The van der Waals surface area contributed by atoms with Gasteiger partial charge in [0, 0.05) is 19.2 Å². The van der Waals surface area contributed by atoms with E-state index in [1.807, 2.05) is 32.3 Å². The number of para-hydroxylation sites is 1. The molecule has 0 atom stereocenters. The van der Waals surface area contributed by atoms with Crippen LogP contribution < -0.4 is 10.2 Å². The zero-order valence-electron chi connectivity index (χ0n) is 11.0. The molecule has 94 valence electrons. The second-order valence-electron chi connectivity index (χ2n) is 4.14. The third kappa shape index (κ3) is 3.86. The topological polar surface area (TPSA) is 32.3 Å². The van der Waals surface area contributed by atoms with Crippen molar-refractivity contribution < 1.29 is 4.79 Å². The van der Waals surface area contributed by atoms with Gasteiger partial charge < -0.3 is 10.2 Å². The molecule has 0 heterocycles. The number of amides is 1. The first-order valence-corrected chi connectivity index (χ1v) is 6.19. The van der Waals surface area contributed by atoms with Crippen molar-refractivity contribution in [2.45, 2.75) is 26.2 Å². The van der Waals surface area contributed by atoms with Crippen molar-refractivity contribution in [2.75, 3.05) is 25.5 Å². The van der Waals surface area contributed by atoms with E-state index in [-0.39, 0.29) is 5.91 Å². The molecule has 1 rings (SSSR count). The largest absolute Gasteiger partial charge is 0.320 e. The molecule has 0 saturated carbocycles. The highest BCUT2D eigenvalue weighted by atomic mass is 16.2. The number of hydrogen-bond acceptors (Lipinski definition) is 2. The Morgan fingerprint density at radius 1 is 1.35 bits per heavy atom. The number of carbonyl (C=O) groups is 1. The van der Waals surface area contributed by atoms with Crippen molar-refractivity contribution in [1.82, 2.24) is 5.32 Å². The molecule has 0 aliphatic rings. The first kappa shape index (κ1) is 13.7. The minimum Gasteiger partial charge on any atom is -0.320 e. The number of anilines is 1. The second-order valence-corrected chi connectivity index (χ2v) is 4.14. The molecule has 0 aliphatic carbocycles. The highest BCUT2D eigenvalue weighted by Gasteiger charge is 2.12. The third-order valence-electron chi connectivity index (χ3n) is 2.93. The first-order chi connectivity index (χ1) is 8.20. The number of nitrogens with zero attached hydrogens (tertiary/aromatic N) is 1. The van der Waals surface area contributed by atoms with Crippen molar-refractivity contribution in [1.29, 1.82) is 0 Å². The summed E-state index contributed by atoms with van der Waals surface area (Å²) in [5.41, 5.74) is 2.25. The van der Waals surface area contributed by atoms with Crippen molar-refractivity contribution in [2.24, 2.45) is 0 Å². The van der Waals surface area contributed by atoms with Gasteiger partial charge in [-0.2, -0.15) is 0 Å². The fourth-order valence-corrected chi connectivity index (χ4v) is 1.86. The van der Waals surface area contributed by atoms with Crippen LogP contribution in [0.25, 0.3) is 0 Å². The van der Waals surface area contributed by atoms with Crippen LogP contribution in [0.4, 0.5) is 5.69 Å². The summed E-state index contributed by atoms with van der Waals surface area (Å²) in [6, 6.07) is 8.08. The van der Waals surface area contributed by atoms with Crippen molar-refractivity contribution >= 4 is 11.6 Å². The summed E-state index contributed by atoms with van der Waals surface area (Å²) in [5.74, 6) is 0.182. The molecular weight excluding hydrogens is 212 g/mol. The summed E-state index contributed by atoms with van der Waals surface area (Å²) in [6.45, 7) is 2.99. The minimum absolute atomic E-state index is 0.182. The Kier molecular flexibility index (Phi) is 5.70. The van der Waals surface area contributed by atoms with Gasteiger partial charge in [-0.05, 0) is 38.1 Å². The minimum atomic E-state index is 0.182. The van der Waals surface area contributed by atoms with E-state index in [2.05, 4.69) is 18.3 Å². The van der Waals surface area contributed by atoms with Crippen LogP contribution in [0.2, 0.25) is 0 Å². The van der Waals surface area contributed by atoms with Gasteiger partial charge in [0.05, 0.1) is 0 Å². The lowest BCUT2D eigenvalue weighted by Crippen LogP contribution is -2.27. The predicted octanol–water partition coefficient (Wildman–Crippen LogP) is 2.21. The molecule has 0 aromatic heterocycles. The maximum atomic E-state index is 12.0. The highest BCUT2D eigenvalue weighted by molar-refractivity contribution is 5.93. The standard InChI is InChI=1S/C14H22N2O/c1-4-12-8-5-6-9-13(12)16(3)14(17)10-7-11-15-2/h5-6,8-9,15H,4,7,10-11H2,1-3H3. The summed E-state index contributed by atoms with van der Waals surface area (Å²) >= 11 is 0. The zero-order chi connectivity index (χ0) is 12.7. The molecule has 0 unspecified atom stereocenters. The van der Waals surface area contributed by atoms with Gasteiger partial charge >= 0.3 is 0 Å². The normalized spacial score (nSPS) is 10.3. The van der Waals surface area contributed by atoms with Gasteiger partial charge in [-0.15, -0.1) is 0 Å². The number of rotatable bonds is 6. The van der Waals surface area contributed by atoms with Crippen LogP contribution in [0.1, 0.15) is 25.3 Å². The maximum absolute atomic E-state index is 12.0. The van der Waals surface area contributed by atoms with Crippen LogP contribution in [0.3, 0.4) is 0 Å². The molecule has 0 fully saturated rings. The number of aryl methyl sites for hydroxylation is 1. The van der Waals surface area contributed by atoms with E-state index in [1.54, 1.807) is 4.90 Å². The van der Waals surface area contributed by atoms with Gasteiger partial charge in [0.15, 0.2) is 0 Å². The van der Waals surface area contributed by atoms with Gasteiger partial charge in [-0.3, -0.25) is 4.79 Å². The Balaban J connectivity index is 2.67. The molecule has 17 heavy (non-hydrogen) atoms. The van der Waals surface area contributed by atoms with Crippen molar-refractivity contribution in [3.63, 3.8) is 0 Å². The molecule has 0 radical (unpaired) electrons. The molecule has 0 aliphatic heterocycles. The molecule has 0 bridgehead atoms. The van der Waals surface area contributed by atoms with Crippen LogP contribution in [-0.4, -0.2) is 26.5 Å². The lowest BCUT2D eigenvalue weighted by Gasteiger charge is -2.20. The van der Waals surface area contributed by atoms with E-state index in [4.69, 9.17) is 0 Å². The third-order valence-corrected chi connectivity index (χ3v) is 2.93. The zero-order valence-corrected chi connectivity index (χ0v) is 11.0. The van der Waals surface area contributed by atoms with E-state index in [0.717, 1.165) is 25.1 Å². The molecule has 0 saturated heterocycles. The maximum Gasteiger partial charge on any atom is 0.226 e. The lowest BCUT2D eigenvalue weighted by atomic mass is 10.1. The van der Waals surface area contributed by atoms with Crippen LogP contribution in [-0.2, 0) is 11.2 Å². The molecule has 1 amide bonds. The quantitative estimate of drug-likeness (QED) is 0.765. The molecule has 1 N–H and O–H groups in total. The average Bonchev–Trinajstić information content (AvgIpc) is 2.38. The van der Waals surface area contributed by atoms with E-state index in [9.17, 15) is 4.79 Å². The Bertz CT molecular complexity index is 363. The SMILES string of the molecule is CCc1ccccc1N(C)C(=O)CCCNC. The predicted molar refractivity (Wildman–Crippen MR) is 72.4 cm³/mol. The van der Waals surface area contributed by atoms with Gasteiger partial charge in [0.1, 0.15) is 0 Å². The van der Waals surface area contributed by atoms with E-state index in [1.165, 1.54) is 5.56 Å². The Morgan fingerprint density at radius 3 is 2.71 bits per heavy atom. The second kappa shape index (κ2) is 7.07. The summed E-state index contributed by atoms with van der Waals surface area (Å²) in [6.07, 6.45) is 2.42. The van der Waals surface area contributed by atoms with Crippen LogP contribution in [0.5, 0.6) is 0 Å². The van der Waals surface area contributed by atoms with Crippen LogP contribution >= 0.6 is 0 Å². The summed E-state index contributed by atoms with van der Waals surface area (Å²) in [4.78, 5) is 13.8. The monoisotopic (exact) mass is 234 g/mol. The Labute approximate surface area is 104 Å². The fourth-order valence-electron chi connectivity index (χ4n) is 1.86. The van der Waals surface area contributed by atoms with E-state index < -0.39 is 0 Å². The van der Waals surface area contributed by atoms with Gasteiger partial charge in [0.25, 0.3) is 0 Å². The lowest BCUT2D eigenvalue weighted by molar-refractivity contribution is -0.118. The van der Waals surface area contributed by atoms with E-state index in [0.29, 0.717) is 6.42 Å². The Morgan fingerprint density at radius 2 is 2.06 bits per heavy atom. The van der Waals surface area contributed by atoms with E-state index >= 15 is 0 Å². The summed E-state index contributed by atoms with van der Waals surface area (Å²) in [7, 11) is 3.76. The Hall–Kier alpha value is -1.35.